The number of thioether (sulfide) groups is 1. The van der Waals surface area contributed by atoms with E-state index in [0.29, 0.717) is 6.54 Å². The fraction of sp³-hybridized carbons (Fsp3) is 0.429. The molecule has 0 saturated heterocycles. The Labute approximate surface area is 117 Å². The first-order chi connectivity index (χ1) is 8.99. The maximum Gasteiger partial charge on any atom is 0.323 e. The number of aliphatic carboxylic acids is 1. The molecule has 0 bridgehead atoms. The lowest BCUT2D eigenvalue weighted by Crippen LogP contribution is -2.39. The van der Waals surface area contributed by atoms with Gasteiger partial charge in [-0.2, -0.15) is 0 Å². The average Bonchev–Trinajstić information content (AvgIpc) is 2.35. The van der Waals surface area contributed by atoms with Gasteiger partial charge in [0.1, 0.15) is 6.54 Å². The summed E-state index contributed by atoms with van der Waals surface area (Å²) in [6.07, 6.45) is 0. The lowest BCUT2D eigenvalue weighted by Gasteiger charge is -2.22. The van der Waals surface area contributed by atoms with E-state index < -0.39 is 5.97 Å². The molecule has 104 valence electrons. The number of carbonyl (C=O) groups is 2. The first-order valence-electron chi connectivity index (χ1n) is 6.16. The van der Waals surface area contributed by atoms with E-state index in [9.17, 15) is 9.59 Å². The quantitative estimate of drug-likeness (QED) is 0.779. The van der Waals surface area contributed by atoms with Crippen molar-refractivity contribution in [1.29, 1.82) is 0 Å². The second-order valence-corrected chi connectivity index (χ2v) is 5.71. The number of hydrogen-bond acceptors (Lipinski definition) is 3. The largest absolute Gasteiger partial charge is 0.480 e. The van der Waals surface area contributed by atoms with Gasteiger partial charge < -0.3 is 10.0 Å². The SMILES string of the molecule is CC(C)CN(CC(=O)O)C(=O)CSc1ccccc1. The smallest absolute Gasteiger partial charge is 0.323 e. The van der Waals surface area contributed by atoms with Gasteiger partial charge in [0.15, 0.2) is 0 Å². The molecule has 0 radical (unpaired) electrons. The summed E-state index contributed by atoms with van der Waals surface area (Å²) in [7, 11) is 0. The molecule has 0 saturated carbocycles. The molecule has 0 unspecified atom stereocenters. The molecule has 1 N–H and O–H groups in total. The summed E-state index contributed by atoms with van der Waals surface area (Å²) in [4.78, 5) is 25.2. The molecule has 1 aromatic carbocycles. The number of carbonyl (C=O) groups excluding carboxylic acids is 1. The molecule has 1 aromatic rings. The van der Waals surface area contributed by atoms with E-state index in [1.54, 1.807) is 0 Å². The monoisotopic (exact) mass is 281 g/mol. The predicted molar refractivity (Wildman–Crippen MR) is 76.2 cm³/mol. The van der Waals surface area contributed by atoms with Crippen molar-refractivity contribution in [3.05, 3.63) is 30.3 Å². The fourth-order valence-corrected chi connectivity index (χ4v) is 2.43. The van der Waals surface area contributed by atoms with E-state index in [1.165, 1.54) is 16.7 Å². The van der Waals surface area contributed by atoms with Crippen LogP contribution in [-0.2, 0) is 9.59 Å². The predicted octanol–water partition coefficient (Wildman–Crippen LogP) is 2.35. The molecular weight excluding hydrogens is 262 g/mol. The van der Waals surface area contributed by atoms with Crippen LogP contribution in [0.3, 0.4) is 0 Å². The first kappa shape index (κ1) is 15.6. The normalized spacial score (nSPS) is 10.5. The molecule has 0 aliphatic heterocycles. The molecule has 0 aliphatic carbocycles. The van der Waals surface area contributed by atoms with E-state index in [4.69, 9.17) is 5.11 Å². The van der Waals surface area contributed by atoms with Gasteiger partial charge in [0.2, 0.25) is 5.91 Å². The molecule has 0 aromatic heterocycles. The number of hydrogen-bond donors (Lipinski definition) is 1. The second kappa shape index (κ2) is 7.84. The molecular formula is C14H19NO3S. The Morgan fingerprint density at radius 2 is 1.89 bits per heavy atom. The molecule has 0 spiro atoms. The highest BCUT2D eigenvalue weighted by atomic mass is 32.2. The zero-order chi connectivity index (χ0) is 14.3. The molecule has 0 heterocycles. The number of nitrogens with zero attached hydrogens (tertiary/aromatic N) is 1. The highest BCUT2D eigenvalue weighted by Gasteiger charge is 2.17. The van der Waals surface area contributed by atoms with Crippen LogP contribution in [0.5, 0.6) is 0 Å². The number of carboxylic acid groups (broad SMARTS) is 1. The summed E-state index contributed by atoms with van der Waals surface area (Å²) in [6.45, 7) is 4.17. The molecule has 4 nitrogen and oxygen atoms in total. The maximum atomic E-state index is 12.0. The molecule has 0 fully saturated rings. The molecule has 0 atom stereocenters. The number of rotatable bonds is 7. The lowest BCUT2D eigenvalue weighted by molar-refractivity contribution is -0.143. The Balaban J connectivity index is 2.54. The zero-order valence-corrected chi connectivity index (χ0v) is 12.0. The second-order valence-electron chi connectivity index (χ2n) is 4.66. The molecule has 1 amide bonds. The highest BCUT2D eigenvalue weighted by Crippen LogP contribution is 2.17. The van der Waals surface area contributed by atoms with Crippen molar-refractivity contribution in [2.45, 2.75) is 18.7 Å². The van der Waals surface area contributed by atoms with Crippen LogP contribution in [0, 0.1) is 5.92 Å². The summed E-state index contributed by atoms with van der Waals surface area (Å²) in [5, 5.41) is 8.83. The Morgan fingerprint density at radius 3 is 2.42 bits per heavy atom. The number of benzene rings is 1. The van der Waals surface area contributed by atoms with E-state index in [1.807, 2.05) is 44.2 Å². The number of carboxylic acids is 1. The van der Waals surface area contributed by atoms with Crippen LogP contribution >= 0.6 is 11.8 Å². The van der Waals surface area contributed by atoms with Gasteiger partial charge in [-0.1, -0.05) is 32.0 Å². The summed E-state index contributed by atoms with van der Waals surface area (Å²) in [5.41, 5.74) is 0. The Bertz CT molecular complexity index is 420. The van der Waals surface area contributed by atoms with Crippen LogP contribution in [0.15, 0.2) is 35.2 Å². The van der Waals surface area contributed by atoms with Crippen molar-refractivity contribution in [2.75, 3.05) is 18.8 Å². The van der Waals surface area contributed by atoms with Gasteiger partial charge in [-0.3, -0.25) is 9.59 Å². The summed E-state index contributed by atoms with van der Waals surface area (Å²) < 4.78 is 0. The van der Waals surface area contributed by atoms with Crippen molar-refractivity contribution >= 4 is 23.6 Å². The van der Waals surface area contributed by atoms with E-state index >= 15 is 0 Å². The topological polar surface area (TPSA) is 57.6 Å². The van der Waals surface area contributed by atoms with Gasteiger partial charge in [-0.15, -0.1) is 11.8 Å². The minimum absolute atomic E-state index is 0.134. The fourth-order valence-electron chi connectivity index (χ4n) is 1.61. The lowest BCUT2D eigenvalue weighted by atomic mass is 10.2. The van der Waals surface area contributed by atoms with Crippen molar-refractivity contribution in [1.82, 2.24) is 4.90 Å². The van der Waals surface area contributed by atoms with Gasteiger partial charge in [0.25, 0.3) is 0 Å². The Morgan fingerprint density at radius 1 is 1.26 bits per heavy atom. The minimum Gasteiger partial charge on any atom is -0.480 e. The van der Waals surface area contributed by atoms with E-state index in [0.717, 1.165) is 4.90 Å². The van der Waals surface area contributed by atoms with Crippen molar-refractivity contribution in [3.63, 3.8) is 0 Å². The first-order valence-corrected chi connectivity index (χ1v) is 7.15. The van der Waals surface area contributed by atoms with Gasteiger partial charge in [0.05, 0.1) is 5.75 Å². The van der Waals surface area contributed by atoms with Crippen LogP contribution in [0.1, 0.15) is 13.8 Å². The molecule has 5 heteroatoms. The zero-order valence-electron chi connectivity index (χ0n) is 11.2. The van der Waals surface area contributed by atoms with Crippen molar-refractivity contribution in [2.24, 2.45) is 5.92 Å². The van der Waals surface area contributed by atoms with Crippen molar-refractivity contribution < 1.29 is 14.7 Å². The molecule has 1 rings (SSSR count). The van der Waals surface area contributed by atoms with Crippen LogP contribution in [0.4, 0.5) is 0 Å². The Hall–Kier alpha value is -1.49. The Kier molecular flexibility index (Phi) is 6.42. The summed E-state index contributed by atoms with van der Waals surface area (Å²) in [6, 6.07) is 9.61. The number of amides is 1. The average molecular weight is 281 g/mol. The maximum absolute atomic E-state index is 12.0. The minimum atomic E-state index is -0.973. The van der Waals surface area contributed by atoms with Crippen LogP contribution < -0.4 is 0 Å². The summed E-state index contributed by atoms with van der Waals surface area (Å²) in [5.74, 6) is -0.585. The third kappa shape index (κ3) is 6.29. The van der Waals surface area contributed by atoms with Crippen LogP contribution in [0.2, 0.25) is 0 Å². The van der Waals surface area contributed by atoms with Crippen LogP contribution in [-0.4, -0.2) is 40.7 Å². The van der Waals surface area contributed by atoms with Crippen molar-refractivity contribution in [3.8, 4) is 0 Å². The third-order valence-electron chi connectivity index (χ3n) is 2.37. The highest BCUT2D eigenvalue weighted by molar-refractivity contribution is 8.00. The third-order valence-corrected chi connectivity index (χ3v) is 3.37. The molecule has 0 aliphatic rings. The van der Waals surface area contributed by atoms with Gasteiger partial charge in [-0.25, -0.2) is 0 Å². The van der Waals surface area contributed by atoms with Gasteiger partial charge >= 0.3 is 5.97 Å². The standard InChI is InChI=1S/C14H19NO3S/c1-11(2)8-15(9-14(17)18)13(16)10-19-12-6-4-3-5-7-12/h3-7,11H,8-10H2,1-2H3,(H,17,18). The van der Waals surface area contributed by atoms with E-state index in [-0.39, 0.29) is 24.1 Å². The van der Waals surface area contributed by atoms with Crippen LogP contribution in [0.25, 0.3) is 0 Å². The molecule has 19 heavy (non-hydrogen) atoms. The van der Waals surface area contributed by atoms with E-state index in [2.05, 4.69) is 0 Å². The van der Waals surface area contributed by atoms with Gasteiger partial charge in [-0.05, 0) is 18.1 Å². The van der Waals surface area contributed by atoms with Gasteiger partial charge in [0, 0.05) is 11.4 Å². The summed E-state index contributed by atoms with van der Waals surface area (Å²) >= 11 is 1.43.